The van der Waals surface area contributed by atoms with E-state index in [1.807, 2.05) is 0 Å². The van der Waals surface area contributed by atoms with Crippen molar-refractivity contribution in [3.63, 3.8) is 0 Å². The summed E-state index contributed by atoms with van der Waals surface area (Å²) in [6.45, 7) is 6.69. The predicted molar refractivity (Wildman–Crippen MR) is 72.4 cm³/mol. The molecule has 94 valence electrons. The first-order chi connectivity index (χ1) is 8.28. The molecule has 1 heteroatoms. The van der Waals surface area contributed by atoms with Crippen LogP contribution in [0.15, 0.2) is 24.3 Å². The molecule has 0 bridgehead atoms. The molecule has 1 aromatic carbocycles. The third-order valence-corrected chi connectivity index (χ3v) is 3.96. The summed E-state index contributed by atoms with van der Waals surface area (Å²) >= 11 is 0. The van der Waals surface area contributed by atoms with Crippen molar-refractivity contribution >= 4 is 0 Å². The lowest BCUT2D eigenvalue weighted by molar-refractivity contribution is 0.349. The van der Waals surface area contributed by atoms with Gasteiger partial charge in [0.1, 0.15) is 0 Å². The van der Waals surface area contributed by atoms with E-state index >= 15 is 0 Å². The van der Waals surface area contributed by atoms with Gasteiger partial charge in [0.25, 0.3) is 0 Å². The Balaban J connectivity index is 1.97. The van der Waals surface area contributed by atoms with Crippen molar-refractivity contribution in [2.75, 3.05) is 0 Å². The van der Waals surface area contributed by atoms with E-state index in [2.05, 4.69) is 45.0 Å². The summed E-state index contributed by atoms with van der Waals surface area (Å²) in [7, 11) is 0. The molecule has 0 aliphatic carbocycles. The Hall–Kier alpha value is -0.820. The zero-order valence-corrected chi connectivity index (χ0v) is 11.3. The Bertz CT molecular complexity index is 341. The topological polar surface area (TPSA) is 12.5 Å². The number of aryl methyl sites for hydroxylation is 1. The van der Waals surface area contributed by atoms with E-state index in [9.17, 15) is 0 Å². The number of benzene rings is 1. The summed E-state index contributed by atoms with van der Waals surface area (Å²) in [5, 5.41) is 0. The molecule has 0 aromatic heterocycles. The Labute approximate surface area is 105 Å². The Kier molecular flexibility index (Phi) is 4.22. The van der Waals surface area contributed by atoms with Crippen LogP contribution in [0.1, 0.15) is 57.1 Å². The fraction of sp³-hybridized carbons (Fsp3) is 0.625. The average Bonchev–Trinajstić information content (AvgIpc) is 3.14. The van der Waals surface area contributed by atoms with E-state index in [-0.39, 0.29) is 0 Å². The van der Waals surface area contributed by atoms with Gasteiger partial charge in [0.05, 0.1) is 12.2 Å². The van der Waals surface area contributed by atoms with Crippen LogP contribution in [0.4, 0.5) is 0 Å². The van der Waals surface area contributed by atoms with Gasteiger partial charge in [0.2, 0.25) is 0 Å². The lowest BCUT2D eigenvalue weighted by Crippen LogP contribution is -2.03. The van der Waals surface area contributed by atoms with E-state index < -0.39 is 0 Å². The quantitative estimate of drug-likeness (QED) is 0.666. The Morgan fingerprint density at radius 2 is 1.76 bits per heavy atom. The van der Waals surface area contributed by atoms with Gasteiger partial charge in [-0.3, -0.25) is 0 Å². The predicted octanol–water partition coefficient (Wildman–Crippen LogP) is 4.31. The second kappa shape index (κ2) is 5.68. The molecule has 1 aliphatic heterocycles. The molecule has 3 unspecified atom stereocenters. The molecule has 1 nitrogen and oxygen atoms in total. The molecule has 1 fully saturated rings. The molecule has 0 radical (unpaired) electrons. The highest BCUT2D eigenvalue weighted by Crippen LogP contribution is 2.36. The van der Waals surface area contributed by atoms with Crippen LogP contribution < -0.4 is 0 Å². The molecule has 0 amide bonds. The third kappa shape index (κ3) is 3.10. The van der Waals surface area contributed by atoms with E-state index in [1.165, 1.54) is 24.0 Å². The largest absolute Gasteiger partial charge is 0.370 e. The van der Waals surface area contributed by atoms with Crippen LogP contribution in [0.5, 0.6) is 0 Å². The van der Waals surface area contributed by atoms with Crippen LogP contribution in [-0.4, -0.2) is 12.2 Å². The first-order valence-electron chi connectivity index (χ1n) is 7.02. The third-order valence-electron chi connectivity index (χ3n) is 3.96. The summed E-state index contributed by atoms with van der Waals surface area (Å²) in [5.41, 5.74) is 2.91. The van der Waals surface area contributed by atoms with E-state index in [0.29, 0.717) is 18.1 Å². The summed E-state index contributed by atoms with van der Waals surface area (Å²) in [4.78, 5) is 0. The van der Waals surface area contributed by atoms with Crippen LogP contribution in [0.2, 0.25) is 0 Å². The molecule has 0 N–H and O–H groups in total. The van der Waals surface area contributed by atoms with Crippen molar-refractivity contribution in [1.82, 2.24) is 0 Å². The van der Waals surface area contributed by atoms with Crippen LogP contribution >= 0.6 is 0 Å². The minimum Gasteiger partial charge on any atom is -0.370 e. The molecule has 1 saturated heterocycles. The van der Waals surface area contributed by atoms with Crippen molar-refractivity contribution in [3.8, 4) is 0 Å². The van der Waals surface area contributed by atoms with Gasteiger partial charge >= 0.3 is 0 Å². The van der Waals surface area contributed by atoms with Gasteiger partial charge in [-0.05, 0) is 42.7 Å². The van der Waals surface area contributed by atoms with Crippen molar-refractivity contribution in [2.24, 2.45) is 0 Å². The molecule has 0 saturated carbocycles. The van der Waals surface area contributed by atoms with Gasteiger partial charge in [0.15, 0.2) is 0 Å². The normalized spacial score (nSPS) is 24.6. The highest BCUT2D eigenvalue weighted by molar-refractivity contribution is 5.25. The number of hydrogen-bond donors (Lipinski definition) is 0. The fourth-order valence-electron chi connectivity index (χ4n) is 2.59. The molecule has 1 aliphatic rings. The van der Waals surface area contributed by atoms with Gasteiger partial charge in [-0.2, -0.15) is 0 Å². The number of epoxide rings is 1. The van der Waals surface area contributed by atoms with Crippen LogP contribution in [0.3, 0.4) is 0 Å². The molecule has 2 rings (SSSR count). The zero-order valence-electron chi connectivity index (χ0n) is 11.3. The van der Waals surface area contributed by atoms with Crippen molar-refractivity contribution < 1.29 is 4.74 Å². The van der Waals surface area contributed by atoms with E-state index in [4.69, 9.17) is 4.74 Å². The minimum absolute atomic E-state index is 0.524. The first kappa shape index (κ1) is 12.6. The van der Waals surface area contributed by atoms with Gasteiger partial charge in [-0.25, -0.2) is 0 Å². The molecule has 1 aromatic rings. The summed E-state index contributed by atoms with van der Waals surface area (Å²) < 4.78 is 5.66. The minimum atomic E-state index is 0.524. The first-order valence-corrected chi connectivity index (χ1v) is 7.02. The lowest BCUT2D eigenvalue weighted by Gasteiger charge is -2.14. The maximum absolute atomic E-state index is 5.66. The molecular weight excluding hydrogens is 208 g/mol. The second-order valence-corrected chi connectivity index (χ2v) is 5.06. The summed E-state index contributed by atoms with van der Waals surface area (Å²) in [6.07, 6.45) is 5.76. The Morgan fingerprint density at radius 3 is 2.24 bits per heavy atom. The maximum atomic E-state index is 5.66. The second-order valence-electron chi connectivity index (χ2n) is 5.06. The lowest BCUT2D eigenvalue weighted by atomic mass is 9.90. The smallest absolute Gasteiger partial charge is 0.0847 e. The SMILES string of the molecule is CCc1ccc(C(CC)CC2OC2CC)cc1. The van der Waals surface area contributed by atoms with Crippen LogP contribution in [0.25, 0.3) is 0 Å². The standard InChI is InChI=1S/C16H24O/c1-4-12-7-9-14(10-8-12)13(5-2)11-16-15(6-3)17-16/h7-10,13,15-16H,4-6,11H2,1-3H3. The number of ether oxygens (including phenoxy) is 1. The average molecular weight is 232 g/mol. The molecule has 17 heavy (non-hydrogen) atoms. The molecular formula is C16H24O. The van der Waals surface area contributed by atoms with E-state index in [0.717, 1.165) is 12.8 Å². The van der Waals surface area contributed by atoms with Crippen LogP contribution in [0, 0.1) is 0 Å². The van der Waals surface area contributed by atoms with Gasteiger partial charge in [-0.1, -0.05) is 45.0 Å². The Morgan fingerprint density at radius 1 is 1.06 bits per heavy atom. The van der Waals surface area contributed by atoms with E-state index in [1.54, 1.807) is 0 Å². The summed E-state index contributed by atoms with van der Waals surface area (Å²) in [6, 6.07) is 9.14. The highest BCUT2D eigenvalue weighted by atomic mass is 16.6. The van der Waals surface area contributed by atoms with Gasteiger partial charge < -0.3 is 4.74 Å². The molecule has 3 atom stereocenters. The monoisotopic (exact) mass is 232 g/mol. The molecule has 1 heterocycles. The van der Waals surface area contributed by atoms with Crippen LogP contribution in [-0.2, 0) is 11.2 Å². The fourth-order valence-corrected chi connectivity index (χ4v) is 2.59. The number of rotatable bonds is 6. The highest BCUT2D eigenvalue weighted by Gasteiger charge is 2.38. The van der Waals surface area contributed by atoms with Gasteiger partial charge in [0, 0.05) is 0 Å². The molecule has 0 spiro atoms. The van der Waals surface area contributed by atoms with Crippen molar-refractivity contribution in [1.29, 1.82) is 0 Å². The van der Waals surface area contributed by atoms with Crippen molar-refractivity contribution in [3.05, 3.63) is 35.4 Å². The number of hydrogen-bond acceptors (Lipinski definition) is 1. The zero-order chi connectivity index (χ0) is 12.3. The summed E-state index contributed by atoms with van der Waals surface area (Å²) in [5.74, 6) is 0.669. The van der Waals surface area contributed by atoms with Gasteiger partial charge in [-0.15, -0.1) is 0 Å². The van der Waals surface area contributed by atoms with Crippen molar-refractivity contribution in [2.45, 2.75) is 64.6 Å². The maximum Gasteiger partial charge on any atom is 0.0847 e.